The largest absolute Gasteiger partial charge is 0.465 e. The Labute approximate surface area is 187 Å². The zero-order valence-corrected chi connectivity index (χ0v) is 17.9. The number of carbonyl (C=O) groups excluding carboxylic acids is 2. The van der Waals surface area contributed by atoms with Crippen molar-refractivity contribution >= 4 is 11.9 Å². The van der Waals surface area contributed by atoms with E-state index in [0.29, 0.717) is 37.3 Å². The molecule has 0 aliphatic carbocycles. The Morgan fingerprint density at radius 2 is 1.34 bits per heavy atom. The summed E-state index contributed by atoms with van der Waals surface area (Å²) in [5.41, 5.74) is 3.12. The summed E-state index contributed by atoms with van der Waals surface area (Å²) in [4.78, 5) is 28.7. The van der Waals surface area contributed by atoms with Gasteiger partial charge in [-0.05, 0) is 47.5 Å². The second-order valence-corrected chi connectivity index (χ2v) is 7.76. The van der Waals surface area contributed by atoms with E-state index in [-0.39, 0.29) is 17.8 Å². The summed E-state index contributed by atoms with van der Waals surface area (Å²) in [5, 5.41) is 0. The lowest BCUT2D eigenvalue weighted by Crippen LogP contribution is -2.49. The highest BCUT2D eigenvalue weighted by Gasteiger charge is 2.28. The van der Waals surface area contributed by atoms with Crippen molar-refractivity contribution in [2.75, 3.05) is 33.3 Å². The minimum absolute atomic E-state index is 0.00612. The molecule has 3 aromatic rings. The van der Waals surface area contributed by atoms with Crippen LogP contribution in [0.25, 0.3) is 0 Å². The summed E-state index contributed by atoms with van der Waals surface area (Å²) >= 11 is 0. The number of amides is 1. The Hall–Kier alpha value is -3.51. The van der Waals surface area contributed by atoms with Crippen molar-refractivity contribution < 1.29 is 18.7 Å². The molecule has 3 aromatic carbocycles. The first-order chi connectivity index (χ1) is 15.6. The minimum atomic E-state index is -0.426. The fourth-order valence-corrected chi connectivity index (χ4v) is 4.13. The number of nitrogens with zero attached hydrogens (tertiary/aromatic N) is 2. The van der Waals surface area contributed by atoms with Crippen molar-refractivity contribution in [1.29, 1.82) is 0 Å². The van der Waals surface area contributed by atoms with Crippen LogP contribution in [0.3, 0.4) is 0 Å². The minimum Gasteiger partial charge on any atom is -0.465 e. The smallest absolute Gasteiger partial charge is 0.337 e. The third-order valence-electron chi connectivity index (χ3n) is 5.82. The molecule has 1 fully saturated rings. The van der Waals surface area contributed by atoms with Gasteiger partial charge in [0.1, 0.15) is 5.82 Å². The molecule has 1 saturated heterocycles. The van der Waals surface area contributed by atoms with Gasteiger partial charge < -0.3 is 9.64 Å². The van der Waals surface area contributed by atoms with Gasteiger partial charge in [-0.15, -0.1) is 0 Å². The van der Waals surface area contributed by atoms with Gasteiger partial charge in [0.25, 0.3) is 5.91 Å². The number of benzene rings is 3. The molecule has 4 rings (SSSR count). The summed E-state index contributed by atoms with van der Waals surface area (Å²) in [6.07, 6.45) is 0. The van der Waals surface area contributed by atoms with Crippen molar-refractivity contribution in [3.8, 4) is 0 Å². The van der Waals surface area contributed by atoms with Gasteiger partial charge >= 0.3 is 5.97 Å². The third-order valence-corrected chi connectivity index (χ3v) is 5.82. The van der Waals surface area contributed by atoms with Gasteiger partial charge in [-0.3, -0.25) is 9.69 Å². The monoisotopic (exact) mass is 432 g/mol. The van der Waals surface area contributed by atoms with Crippen LogP contribution in [0.15, 0.2) is 78.9 Å². The number of carbonyl (C=O) groups is 2. The van der Waals surface area contributed by atoms with E-state index in [1.807, 2.05) is 35.2 Å². The van der Waals surface area contributed by atoms with Gasteiger partial charge in [0.05, 0.1) is 18.7 Å². The Morgan fingerprint density at radius 3 is 1.94 bits per heavy atom. The van der Waals surface area contributed by atoms with Gasteiger partial charge in [0.15, 0.2) is 0 Å². The van der Waals surface area contributed by atoms with E-state index in [1.54, 1.807) is 24.3 Å². The van der Waals surface area contributed by atoms with Crippen LogP contribution in [0.4, 0.5) is 4.39 Å². The Kier molecular flexibility index (Phi) is 6.61. The van der Waals surface area contributed by atoms with Crippen molar-refractivity contribution in [2.24, 2.45) is 0 Å². The standard InChI is InChI=1S/C26H25FN2O3/c1-32-26(31)22-9-7-21(8-10-22)25(30)29-17-15-28(16-18-29)24(19-5-3-2-4-6-19)20-11-13-23(27)14-12-20/h2-14,24H,15-18H2,1H3. The second-order valence-electron chi connectivity index (χ2n) is 7.76. The third kappa shape index (κ3) is 4.70. The van der Waals surface area contributed by atoms with Crippen LogP contribution in [0.2, 0.25) is 0 Å². The molecule has 0 saturated carbocycles. The first-order valence-electron chi connectivity index (χ1n) is 10.6. The molecule has 164 valence electrons. The highest BCUT2D eigenvalue weighted by molar-refractivity contribution is 5.96. The molecule has 5 nitrogen and oxygen atoms in total. The zero-order chi connectivity index (χ0) is 22.5. The van der Waals surface area contributed by atoms with Crippen molar-refractivity contribution in [1.82, 2.24) is 9.80 Å². The fourth-order valence-electron chi connectivity index (χ4n) is 4.13. The Morgan fingerprint density at radius 1 is 0.781 bits per heavy atom. The highest BCUT2D eigenvalue weighted by Crippen LogP contribution is 2.30. The van der Waals surface area contributed by atoms with Crippen molar-refractivity contribution in [2.45, 2.75) is 6.04 Å². The van der Waals surface area contributed by atoms with Crippen LogP contribution in [0.5, 0.6) is 0 Å². The number of ether oxygens (including phenoxy) is 1. The maximum absolute atomic E-state index is 13.5. The number of hydrogen-bond donors (Lipinski definition) is 0. The molecule has 0 aromatic heterocycles. The Bertz CT molecular complexity index is 1060. The average molecular weight is 432 g/mol. The number of rotatable bonds is 5. The van der Waals surface area contributed by atoms with Crippen molar-refractivity contribution in [3.63, 3.8) is 0 Å². The fraction of sp³-hybridized carbons (Fsp3) is 0.231. The summed E-state index contributed by atoms with van der Waals surface area (Å²) < 4.78 is 18.2. The van der Waals surface area contributed by atoms with Crippen LogP contribution < -0.4 is 0 Å². The molecule has 0 bridgehead atoms. The molecule has 1 aliphatic heterocycles. The lowest BCUT2D eigenvalue weighted by atomic mass is 9.96. The molecule has 0 spiro atoms. The van der Waals surface area contributed by atoms with E-state index in [4.69, 9.17) is 4.74 Å². The molecular formula is C26H25FN2O3. The van der Waals surface area contributed by atoms with Gasteiger partial charge in [0, 0.05) is 31.7 Å². The summed E-state index contributed by atoms with van der Waals surface area (Å²) in [5.74, 6) is -0.737. The van der Waals surface area contributed by atoms with Crippen LogP contribution in [-0.4, -0.2) is 55.0 Å². The molecule has 1 aliphatic rings. The summed E-state index contributed by atoms with van der Waals surface area (Å²) in [7, 11) is 1.33. The normalized spacial score (nSPS) is 15.2. The number of hydrogen-bond acceptors (Lipinski definition) is 4. The zero-order valence-electron chi connectivity index (χ0n) is 17.9. The molecule has 32 heavy (non-hydrogen) atoms. The van der Waals surface area contributed by atoms with Gasteiger partial charge in [-0.1, -0.05) is 42.5 Å². The summed E-state index contributed by atoms with van der Waals surface area (Å²) in [6.45, 7) is 2.57. The number of methoxy groups -OCH3 is 1. The SMILES string of the molecule is COC(=O)c1ccc(C(=O)N2CCN(C(c3ccccc3)c3ccc(F)cc3)CC2)cc1. The highest BCUT2D eigenvalue weighted by atomic mass is 19.1. The van der Waals surface area contributed by atoms with Gasteiger partial charge in [-0.2, -0.15) is 0 Å². The maximum atomic E-state index is 13.5. The topological polar surface area (TPSA) is 49.9 Å². The predicted molar refractivity (Wildman–Crippen MR) is 120 cm³/mol. The van der Waals surface area contributed by atoms with E-state index in [0.717, 1.165) is 11.1 Å². The predicted octanol–water partition coefficient (Wildman–Crippen LogP) is 4.16. The molecule has 1 unspecified atom stereocenters. The van der Waals surface area contributed by atoms with E-state index in [9.17, 15) is 14.0 Å². The molecule has 1 heterocycles. The lowest BCUT2D eigenvalue weighted by Gasteiger charge is -2.39. The maximum Gasteiger partial charge on any atom is 0.337 e. The van der Waals surface area contributed by atoms with Gasteiger partial charge in [0.2, 0.25) is 0 Å². The number of esters is 1. The number of piperazine rings is 1. The Balaban J connectivity index is 1.47. The molecule has 6 heteroatoms. The van der Waals surface area contributed by atoms with E-state index < -0.39 is 5.97 Å². The molecule has 1 amide bonds. The van der Waals surface area contributed by atoms with E-state index >= 15 is 0 Å². The molecule has 1 atom stereocenters. The van der Waals surface area contributed by atoms with E-state index in [2.05, 4.69) is 17.0 Å². The van der Waals surface area contributed by atoms with Crippen LogP contribution in [-0.2, 0) is 4.74 Å². The quantitative estimate of drug-likeness (QED) is 0.568. The molecular weight excluding hydrogens is 407 g/mol. The van der Waals surface area contributed by atoms with E-state index in [1.165, 1.54) is 19.2 Å². The molecule has 0 N–H and O–H groups in total. The molecule has 0 radical (unpaired) electrons. The second kappa shape index (κ2) is 9.75. The first-order valence-corrected chi connectivity index (χ1v) is 10.6. The average Bonchev–Trinajstić information content (AvgIpc) is 2.85. The van der Waals surface area contributed by atoms with Crippen LogP contribution in [0, 0.1) is 5.82 Å². The first kappa shape index (κ1) is 21.7. The van der Waals surface area contributed by atoms with Crippen molar-refractivity contribution in [3.05, 3.63) is 107 Å². The summed E-state index contributed by atoms with van der Waals surface area (Å²) in [6, 6.07) is 23.3. The van der Waals surface area contributed by atoms with Gasteiger partial charge in [-0.25, -0.2) is 9.18 Å². The number of halogens is 1. The van der Waals surface area contributed by atoms with Crippen LogP contribution in [0.1, 0.15) is 37.9 Å². The van der Waals surface area contributed by atoms with Crippen LogP contribution >= 0.6 is 0 Å². The lowest BCUT2D eigenvalue weighted by molar-refractivity contribution is 0.0587.